The molecule has 5 heterocycles. The molecule has 16 aliphatic carbocycles. The highest BCUT2D eigenvalue weighted by Gasteiger charge is 2.54. The summed E-state index contributed by atoms with van der Waals surface area (Å²) in [4.78, 5) is 22.0. The molecule has 458 valence electrons. The third kappa shape index (κ3) is 6.27. The zero-order valence-electron chi connectivity index (χ0n) is 52.2. The molecule has 0 saturated heterocycles. The Morgan fingerprint density at radius 2 is 0.370 bits per heavy atom. The minimum Gasteiger partial charge on any atom is -0.354 e. The van der Waals surface area contributed by atoms with Crippen molar-refractivity contribution in [2.45, 2.75) is 249 Å². The van der Waals surface area contributed by atoms with Crippen LogP contribution in [-0.2, 0) is 0 Å². The van der Waals surface area contributed by atoms with Crippen LogP contribution in [0.4, 0.5) is 0 Å². The van der Waals surface area contributed by atoms with E-state index in [2.05, 4.69) is 122 Å². The van der Waals surface area contributed by atoms with E-state index < -0.39 is 0 Å². The summed E-state index contributed by atoms with van der Waals surface area (Å²) in [5.74, 6) is 9.70. The molecule has 24 bridgehead atoms. The van der Waals surface area contributed by atoms with Crippen molar-refractivity contribution in [2.24, 2.45) is 0 Å². The second-order valence-electron chi connectivity index (χ2n) is 33.5. The topological polar surface area (TPSA) is 57.4 Å². The largest absolute Gasteiger partial charge is 0.354 e. The molecule has 4 aromatic carbocycles. The fourth-order valence-corrected chi connectivity index (χ4v) is 31.4. The standard InChI is InChI=1S/C84H74Br4N4/c85-81-65-41-9-1-33(25-41)57(65)77(58-34-2-10-42(26-34)66(58)81)73-49-17-19-51(89-49)74(78-59-35-3-11-43(27-35)67(59)82(86)68-44-12-4-36(28-44)60(68)78)53-21-23-55(91-53)76(80-63-39-7-15-47(31-39)71(63)84(88)72-48-16-8-40(32-48)64(72)80)56-24-22-54(92-56)75(52-20-18-50(73)90-52)79-61-37-5-13-45(29-37)69(61)83(87)70-46-14-6-38(30-46)62(70)79/h17-24,33-48,89,92H,1-16,25-32H2/t33-,34-,35-,36-,37-,38-,39-,40-,41+,42+,43+,44+,45+,46+,47+,48+/m1/s1. The van der Waals surface area contributed by atoms with Crippen LogP contribution in [0.3, 0.4) is 0 Å². The van der Waals surface area contributed by atoms with Gasteiger partial charge in [0.15, 0.2) is 0 Å². The Morgan fingerprint density at radius 1 is 0.217 bits per heavy atom. The highest BCUT2D eigenvalue weighted by molar-refractivity contribution is 9.11. The van der Waals surface area contributed by atoms with Gasteiger partial charge in [0.25, 0.3) is 0 Å². The van der Waals surface area contributed by atoms with Gasteiger partial charge in [-0.1, -0.05) is 63.7 Å². The maximum Gasteiger partial charge on any atom is 0.0737 e. The summed E-state index contributed by atoms with van der Waals surface area (Å²) < 4.78 is 5.97. The molecule has 0 spiro atoms. The Morgan fingerprint density at radius 3 is 0.533 bits per heavy atom. The molecule has 7 aromatic rings. The first-order chi connectivity index (χ1) is 45.2. The lowest BCUT2D eigenvalue weighted by molar-refractivity contribution is 0.687. The smallest absolute Gasteiger partial charge is 0.0737 e. The highest BCUT2D eigenvalue weighted by Crippen LogP contribution is 2.72. The van der Waals surface area contributed by atoms with Gasteiger partial charge in [0.05, 0.1) is 22.8 Å². The summed E-state index contributed by atoms with van der Waals surface area (Å²) >= 11 is 18.0. The summed E-state index contributed by atoms with van der Waals surface area (Å²) in [5.41, 5.74) is 48.1. The van der Waals surface area contributed by atoms with Crippen LogP contribution < -0.4 is 0 Å². The minimum absolute atomic E-state index is 0.581. The lowest BCUT2D eigenvalue weighted by Gasteiger charge is -2.30. The number of aromatic nitrogens is 4. The van der Waals surface area contributed by atoms with E-state index in [1.165, 1.54) is 216 Å². The summed E-state index contributed by atoms with van der Waals surface area (Å²) in [6, 6.07) is 10.2. The van der Waals surface area contributed by atoms with Crippen LogP contribution in [0.1, 0.15) is 361 Å². The van der Waals surface area contributed by atoms with Gasteiger partial charge < -0.3 is 9.97 Å². The molecule has 16 atom stereocenters. The summed E-state index contributed by atoms with van der Waals surface area (Å²) in [5, 5.41) is 0. The molecule has 2 aliphatic heterocycles. The number of halogens is 4. The van der Waals surface area contributed by atoms with Crippen molar-refractivity contribution in [3.63, 3.8) is 0 Å². The van der Waals surface area contributed by atoms with E-state index in [-0.39, 0.29) is 0 Å². The van der Waals surface area contributed by atoms with Crippen molar-refractivity contribution in [3.8, 4) is 44.5 Å². The highest BCUT2D eigenvalue weighted by atomic mass is 79.9. The molecule has 8 heteroatoms. The molecular formula is C84H74Br4N4. The van der Waals surface area contributed by atoms with Crippen LogP contribution in [0.2, 0.25) is 0 Å². The first-order valence-electron chi connectivity index (χ1n) is 37.0. The quantitative estimate of drug-likeness (QED) is 0.184. The number of hydrogen-bond acceptors (Lipinski definition) is 2. The van der Waals surface area contributed by atoms with E-state index in [0.717, 1.165) is 22.8 Å². The van der Waals surface area contributed by atoms with Gasteiger partial charge in [0.2, 0.25) is 0 Å². The molecule has 25 rings (SSSR count). The third-order valence-corrected chi connectivity index (χ3v) is 33.5. The van der Waals surface area contributed by atoms with Gasteiger partial charge in [-0.3, -0.25) is 0 Å². The van der Waals surface area contributed by atoms with Crippen molar-refractivity contribution in [3.05, 3.63) is 154 Å². The summed E-state index contributed by atoms with van der Waals surface area (Å²) in [6.45, 7) is 0. The predicted molar refractivity (Wildman–Crippen MR) is 386 cm³/mol. The van der Waals surface area contributed by atoms with E-state index in [4.69, 9.17) is 9.97 Å². The predicted octanol–water partition coefficient (Wildman–Crippen LogP) is 25.3. The van der Waals surface area contributed by atoms with E-state index in [1.807, 2.05) is 0 Å². The second-order valence-corrected chi connectivity index (χ2v) is 36.7. The van der Waals surface area contributed by atoms with E-state index >= 15 is 0 Å². The fraction of sp³-hybridized carbons (Fsp3) is 0.476. The molecule has 92 heavy (non-hydrogen) atoms. The van der Waals surface area contributed by atoms with Crippen LogP contribution in [-0.4, -0.2) is 19.9 Å². The molecule has 4 nitrogen and oxygen atoms in total. The fourth-order valence-electron chi connectivity index (χ4n) is 27.2. The van der Waals surface area contributed by atoms with Gasteiger partial charge >= 0.3 is 0 Å². The number of nitrogens with one attached hydrogen (secondary N) is 2. The van der Waals surface area contributed by atoms with Gasteiger partial charge in [-0.05, 0) is 409 Å². The number of fused-ring (bicyclic) bond motifs is 48. The van der Waals surface area contributed by atoms with E-state index in [1.54, 1.807) is 111 Å². The van der Waals surface area contributed by atoms with Gasteiger partial charge in [0.1, 0.15) is 0 Å². The maximum atomic E-state index is 6.42. The van der Waals surface area contributed by atoms with E-state index in [0.29, 0.717) is 94.7 Å². The SMILES string of the molecule is Brc1c2c(c(-c3c4nc(c(-c5c6c(c(Br)c7c5[C@@H]5CC[C@H]7C5)[C@H]5CC[C@@H]6C5)c5ccc([nH]5)c(-c5c6c(c(Br)c7c5[C@@H]5CC[C@H]7C5)[C@H]5CC[C@@H]6C5)c5nc(c(-c6c7c(c(Br)c8c6[C@@H]6CC[C@H]8C6)[C@H]6CC[C@@H]7C6)c6ccc3[nH]6)C=C5)C=C4)c3c1[C@H]1CC[C@@H]3C1)[C@@H]1CC[C@H]2C1. The number of rotatable bonds is 4. The Kier molecular flexibility index (Phi) is 10.3. The Labute approximate surface area is 572 Å². The van der Waals surface area contributed by atoms with Crippen molar-refractivity contribution in [1.82, 2.24) is 19.9 Å². The Hall–Kier alpha value is -4.60. The Bertz CT molecular complexity index is 4240. The third-order valence-electron chi connectivity index (χ3n) is 30.1. The minimum atomic E-state index is 0.581. The molecule has 0 unspecified atom stereocenters. The molecule has 0 radical (unpaired) electrons. The maximum absolute atomic E-state index is 6.42. The van der Waals surface area contributed by atoms with Crippen molar-refractivity contribution in [2.75, 3.05) is 0 Å². The van der Waals surface area contributed by atoms with Gasteiger partial charge in [-0.25, -0.2) is 9.97 Å². The van der Waals surface area contributed by atoms with E-state index in [9.17, 15) is 0 Å². The number of nitrogens with zero attached hydrogens (tertiary/aromatic N) is 2. The zero-order valence-corrected chi connectivity index (χ0v) is 58.6. The molecule has 0 amide bonds. The van der Waals surface area contributed by atoms with Crippen molar-refractivity contribution < 1.29 is 0 Å². The van der Waals surface area contributed by atoms with Gasteiger partial charge in [0, 0.05) is 62.2 Å². The molecule has 3 aromatic heterocycles. The van der Waals surface area contributed by atoms with Crippen LogP contribution >= 0.6 is 63.7 Å². The normalized spacial score (nSPS) is 33.6. The molecule has 8 fully saturated rings. The average Bonchev–Trinajstić information content (AvgIpc) is 1.52. The van der Waals surface area contributed by atoms with Gasteiger partial charge in [-0.2, -0.15) is 0 Å². The summed E-state index contributed by atoms with van der Waals surface area (Å²) in [7, 11) is 0. The van der Waals surface area contributed by atoms with Crippen molar-refractivity contribution >= 4 is 110 Å². The number of benzene rings is 4. The van der Waals surface area contributed by atoms with Gasteiger partial charge in [-0.15, -0.1) is 0 Å². The molecule has 2 N–H and O–H groups in total. The zero-order chi connectivity index (χ0) is 59.5. The average molecular weight is 1460 g/mol. The summed E-state index contributed by atoms with van der Waals surface area (Å²) in [6.07, 6.45) is 41.3. The number of H-pyrrole nitrogens is 2. The number of aromatic amines is 2. The van der Waals surface area contributed by atoms with Crippen LogP contribution in [0.15, 0.2) is 42.2 Å². The lowest BCUT2D eigenvalue weighted by atomic mass is 9.76. The monoisotopic (exact) mass is 1450 g/mol. The lowest BCUT2D eigenvalue weighted by Crippen LogP contribution is -2.12. The Balaban J connectivity index is 0.878. The van der Waals surface area contributed by atoms with Crippen LogP contribution in [0.25, 0.3) is 90.9 Å². The van der Waals surface area contributed by atoms with Crippen molar-refractivity contribution in [1.29, 1.82) is 0 Å². The number of hydrogen-bond donors (Lipinski definition) is 2. The molecule has 8 saturated carbocycles. The van der Waals surface area contributed by atoms with Crippen LogP contribution in [0, 0.1) is 0 Å². The first-order valence-corrected chi connectivity index (χ1v) is 40.1. The molecule has 18 aliphatic rings. The van der Waals surface area contributed by atoms with Crippen LogP contribution in [0.5, 0.6) is 0 Å². The first kappa shape index (κ1) is 52.6. The second kappa shape index (κ2) is 17.9. The molecular weight excluding hydrogens is 1380 g/mol.